The second-order valence-electron chi connectivity index (χ2n) is 4.12. The molecule has 2 heterocycles. The number of nitrogens with zero attached hydrogens (tertiary/aromatic N) is 4. The minimum Gasteiger partial charge on any atom is -0.223 e. The van der Waals surface area contributed by atoms with Gasteiger partial charge in [-0.3, -0.25) is 0 Å². The third-order valence-electron chi connectivity index (χ3n) is 2.48. The van der Waals surface area contributed by atoms with Gasteiger partial charge in [0, 0.05) is 0 Å². The lowest BCUT2D eigenvalue weighted by atomic mass is 9.97. The van der Waals surface area contributed by atoms with E-state index in [9.17, 15) is 0 Å². The summed E-state index contributed by atoms with van der Waals surface area (Å²) in [6.45, 7) is 7.69. The van der Waals surface area contributed by atoms with Crippen molar-refractivity contribution < 1.29 is 0 Å². The van der Waals surface area contributed by atoms with Crippen molar-refractivity contribution in [2.75, 3.05) is 0 Å². The van der Waals surface area contributed by atoms with Crippen LogP contribution in [0.5, 0.6) is 0 Å². The highest BCUT2D eigenvalue weighted by Gasteiger charge is 2.25. The predicted molar refractivity (Wildman–Crippen MR) is 59.0 cm³/mol. The molecule has 0 aliphatic rings. The normalized spacial score (nSPS) is 11.9. The monoisotopic (exact) mass is 220 g/mol. The summed E-state index contributed by atoms with van der Waals surface area (Å²) < 4.78 is 1.81. The maximum absolute atomic E-state index is 9.02. The molecule has 0 N–H and O–H groups in total. The van der Waals surface area contributed by atoms with Crippen molar-refractivity contribution in [3.63, 3.8) is 0 Å². The molecule has 0 aliphatic heterocycles. The molecular weight excluding hydrogens is 208 g/mol. The van der Waals surface area contributed by atoms with E-state index in [1.54, 1.807) is 0 Å². The zero-order valence-corrected chi connectivity index (χ0v) is 10.0. The predicted octanol–water partition coefficient (Wildman–Crippen LogP) is 2.21. The minimum absolute atomic E-state index is 0.536. The van der Waals surface area contributed by atoms with Crippen molar-refractivity contribution >= 4 is 16.3 Å². The summed E-state index contributed by atoms with van der Waals surface area (Å²) in [7, 11) is 0. The minimum atomic E-state index is -0.536. The van der Waals surface area contributed by atoms with Crippen molar-refractivity contribution in [1.82, 2.24) is 14.6 Å². The SMILES string of the molecule is Cc1nc2sc(C(C)(C)C#N)nn2c1C. The highest BCUT2D eigenvalue weighted by molar-refractivity contribution is 7.16. The Morgan fingerprint density at radius 1 is 1.40 bits per heavy atom. The van der Waals surface area contributed by atoms with E-state index in [1.807, 2.05) is 32.2 Å². The van der Waals surface area contributed by atoms with Gasteiger partial charge in [-0.1, -0.05) is 11.3 Å². The largest absolute Gasteiger partial charge is 0.223 e. The summed E-state index contributed by atoms with van der Waals surface area (Å²) in [5.74, 6) is 0. The molecule has 0 aromatic carbocycles. The van der Waals surface area contributed by atoms with Crippen LogP contribution in [0.4, 0.5) is 0 Å². The fourth-order valence-electron chi connectivity index (χ4n) is 1.25. The fourth-order valence-corrected chi connectivity index (χ4v) is 2.29. The molecule has 0 radical (unpaired) electrons. The number of hydrogen-bond acceptors (Lipinski definition) is 4. The van der Waals surface area contributed by atoms with Gasteiger partial charge in [-0.2, -0.15) is 10.4 Å². The van der Waals surface area contributed by atoms with Gasteiger partial charge in [0.1, 0.15) is 10.4 Å². The summed E-state index contributed by atoms with van der Waals surface area (Å²) in [5, 5.41) is 14.3. The summed E-state index contributed by atoms with van der Waals surface area (Å²) in [4.78, 5) is 5.25. The molecule has 5 heteroatoms. The van der Waals surface area contributed by atoms with Crippen LogP contribution in [0, 0.1) is 25.2 Å². The van der Waals surface area contributed by atoms with Crippen molar-refractivity contribution in [3.8, 4) is 6.07 Å². The van der Waals surface area contributed by atoms with Gasteiger partial charge >= 0.3 is 0 Å². The number of aromatic nitrogens is 3. The van der Waals surface area contributed by atoms with Crippen LogP contribution in [-0.2, 0) is 5.41 Å². The van der Waals surface area contributed by atoms with Crippen LogP contribution in [0.3, 0.4) is 0 Å². The van der Waals surface area contributed by atoms with Gasteiger partial charge in [-0.15, -0.1) is 0 Å². The molecule has 0 fully saturated rings. The molecule has 2 aromatic rings. The van der Waals surface area contributed by atoms with Crippen LogP contribution in [0.1, 0.15) is 30.2 Å². The molecule has 4 nitrogen and oxygen atoms in total. The first kappa shape index (κ1) is 10.1. The Morgan fingerprint density at radius 3 is 2.60 bits per heavy atom. The summed E-state index contributed by atoms with van der Waals surface area (Å²) >= 11 is 1.48. The highest BCUT2D eigenvalue weighted by atomic mass is 32.1. The molecule has 0 unspecified atom stereocenters. The molecular formula is C10H12N4S. The van der Waals surface area contributed by atoms with E-state index in [0.717, 1.165) is 21.4 Å². The molecule has 0 bridgehead atoms. The van der Waals surface area contributed by atoms with Gasteiger partial charge in [0.25, 0.3) is 0 Å². The molecule has 0 aliphatic carbocycles. The number of hydrogen-bond donors (Lipinski definition) is 0. The molecule has 78 valence electrons. The number of fused-ring (bicyclic) bond motifs is 1. The van der Waals surface area contributed by atoms with Gasteiger partial charge in [-0.25, -0.2) is 9.50 Å². The van der Waals surface area contributed by atoms with E-state index in [-0.39, 0.29) is 0 Å². The Balaban J connectivity index is 2.65. The van der Waals surface area contributed by atoms with E-state index in [1.165, 1.54) is 11.3 Å². The third kappa shape index (κ3) is 1.41. The quantitative estimate of drug-likeness (QED) is 0.740. The van der Waals surface area contributed by atoms with Crippen LogP contribution >= 0.6 is 11.3 Å². The lowest BCUT2D eigenvalue weighted by Crippen LogP contribution is -2.13. The van der Waals surface area contributed by atoms with Gasteiger partial charge in [-0.05, 0) is 27.7 Å². The van der Waals surface area contributed by atoms with E-state index in [2.05, 4.69) is 16.2 Å². The van der Waals surface area contributed by atoms with Gasteiger partial charge in [0.05, 0.1) is 17.5 Å². The van der Waals surface area contributed by atoms with Crippen molar-refractivity contribution in [2.24, 2.45) is 0 Å². The zero-order valence-electron chi connectivity index (χ0n) is 9.20. The Kier molecular flexibility index (Phi) is 2.05. The maximum atomic E-state index is 9.02. The fraction of sp³-hybridized carbons (Fsp3) is 0.500. The van der Waals surface area contributed by atoms with Gasteiger partial charge < -0.3 is 0 Å². The smallest absolute Gasteiger partial charge is 0.212 e. The molecule has 0 amide bonds. The number of aryl methyl sites for hydroxylation is 2. The average Bonchev–Trinajstić information content (AvgIpc) is 2.69. The van der Waals surface area contributed by atoms with Crippen molar-refractivity contribution in [2.45, 2.75) is 33.1 Å². The number of imidazole rings is 1. The first-order valence-corrected chi connectivity index (χ1v) is 5.52. The second-order valence-corrected chi connectivity index (χ2v) is 5.08. The molecule has 2 aromatic heterocycles. The summed E-state index contributed by atoms with van der Waals surface area (Å²) in [6.07, 6.45) is 0. The second kappa shape index (κ2) is 3.04. The third-order valence-corrected chi connectivity index (χ3v) is 3.71. The first-order valence-electron chi connectivity index (χ1n) is 4.70. The lowest BCUT2D eigenvalue weighted by Gasteiger charge is -2.08. The molecule has 15 heavy (non-hydrogen) atoms. The Morgan fingerprint density at radius 2 is 2.07 bits per heavy atom. The van der Waals surface area contributed by atoms with Crippen LogP contribution in [0.2, 0.25) is 0 Å². The Labute approximate surface area is 92.2 Å². The maximum Gasteiger partial charge on any atom is 0.212 e. The van der Waals surface area contributed by atoms with E-state index in [4.69, 9.17) is 5.26 Å². The van der Waals surface area contributed by atoms with Crippen molar-refractivity contribution in [1.29, 1.82) is 5.26 Å². The van der Waals surface area contributed by atoms with E-state index >= 15 is 0 Å². The molecule has 0 atom stereocenters. The lowest BCUT2D eigenvalue weighted by molar-refractivity contribution is 0.658. The molecule has 0 saturated heterocycles. The van der Waals surface area contributed by atoms with E-state index < -0.39 is 5.41 Å². The van der Waals surface area contributed by atoms with Crippen LogP contribution < -0.4 is 0 Å². The standard InChI is InChI=1S/C10H12N4S/c1-6-7(2)14-9(12-6)15-8(13-14)10(3,4)5-11/h1-4H3. The van der Waals surface area contributed by atoms with Gasteiger partial charge in [0.2, 0.25) is 4.96 Å². The van der Waals surface area contributed by atoms with Crippen LogP contribution in [-0.4, -0.2) is 14.6 Å². The Bertz CT molecular complexity index is 556. The summed E-state index contributed by atoms with van der Waals surface area (Å²) in [5.41, 5.74) is 1.50. The summed E-state index contributed by atoms with van der Waals surface area (Å²) in [6, 6.07) is 2.25. The van der Waals surface area contributed by atoms with Crippen molar-refractivity contribution in [3.05, 3.63) is 16.4 Å². The number of rotatable bonds is 1. The van der Waals surface area contributed by atoms with Crippen LogP contribution in [0.15, 0.2) is 0 Å². The Hall–Kier alpha value is -1.41. The highest BCUT2D eigenvalue weighted by Crippen LogP contribution is 2.28. The number of nitriles is 1. The topological polar surface area (TPSA) is 54.0 Å². The molecule has 2 rings (SSSR count). The molecule has 0 saturated carbocycles. The average molecular weight is 220 g/mol. The van der Waals surface area contributed by atoms with Crippen LogP contribution in [0.25, 0.3) is 4.96 Å². The zero-order chi connectivity index (χ0) is 11.2. The van der Waals surface area contributed by atoms with E-state index in [0.29, 0.717) is 0 Å². The molecule has 0 spiro atoms. The van der Waals surface area contributed by atoms with Gasteiger partial charge in [0.15, 0.2) is 0 Å². The first-order chi connectivity index (χ1) is 6.95.